The van der Waals surface area contributed by atoms with Gasteiger partial charge >= 0.3 is 0 Å². The first-order valence-electron chi connectivity index (χ1n) is 8.85. The third-order valence-corrected chi connectivity index (χ3v) is 4.53. The van der Waals surface area contributed by atoms with Gasteiger partial charge in [0.2, 0.25) is 0 Å². The van der Waals surface area contributed by atoms with Gasteiger partial charge in [-0.3, -0.25) is 9.78 Å². The molecule has 1 aliphatic rings. The van der Waals surface area contributed by atoms with E-state index in [1.165, 1.54) is 31.2 Å². The van der Waals surface area contributed by atoms with Crippen LogP contribution in [0, 0.1) is 0 Å². The Labute approximate surface area is 143 Å². The minimum Gasteiger partial charge on any atom is -0.380 e. The molecule has 0 radical (unpaired) electrons. The molecule has 0 saturated heterocycles. The summed E-state index contributed by atoms with van der Waals surface area (Å²) in [5.41, 5.74) is 2.69. The summed E-state index contributed by atoms with van der Waals surface area (Å²) in [5, 5.41) is 6.50. The fourth-order valence-corrected chi connectivity index (χ4v) is 3.15. The Bertz CT molecular complexity index is 649. The Balaban J connectivity index is 1.58. The van der Waals surface area contributed by atoms with Crippen LogP contribution in [0.5, 0.6) is 0 Å². The van der Waals surface area contributed by atoms with E-state index in [2.05, 4.69) is 27.8 Å². The SMILES string of the molecule is O=C(NC1CCCCCC1)c1cncc(NCc2ccccc2)c1. The first-order chi connectivity index (χ1) is 11.8. The minimum absolute atomic E-state index is 0.0160. The maximum Gasteiger partial charge on any atom is 0.253 e. The van der Waals surface area contributed by atoms with E-state index in [1.54, 1.807) is 12.4 Å². The molecule has 0 aliphatic heterocycles. The molecule has 1 aromatic carbocycles. The third kappa shape index (κ3) is 4.82. The quantitative estimate of drug-likeness (QED) is 0.813. The highest BCUT2D eigenvalue weighted by molar-refractivity contribution is 5.94. The second kappa shape index (κ2) is 8.48. The molecule has 1 saturated carbocycles. The van der Waals surface area contributed by atoms with Crippen molar-refractivity contribution in [2.75, 3.05) is 5.32 Å². The summed E-state index contributed by atoms with van der Waals surface area (Å²) in [6.07, 6.45) is 10.6. The molecule has 0 atom stereocenters. The second-order valence-electron chi connectivity index (χ2n) is 6.46. The zero-order valence-electron chi connectivity index (χ0n) is 14.0. The fraction of sp³-hybridized carbons (Fsp3) is 0.400. The van der Waals surface area contributed by atoms with Crippen molar-refractivity contribution in [2.24, 2.45) is 0 Å². The molecule has 4 nitrogen and oxygen atoms in total. The van der Waals surface area contributed by atoms with Gasteiger partial charge in [0, 0.05) is 25.0 Å². The molecule has 1 aromatic heterocycles. The van der Waals surface area contributed by atoms with E-state index in [1.807, 2.05) is 24.3 Å². The molecule has 1 amide bonds. The highest BCUT2D eigenvalue weighted by Crippen LogP contribution is 2.18. The van der Waals surface area contributed by atoms with Crippen LogP contribution in [0.15, 0.2) is 48.8 Å². The van der Waals surface area contributed by atoms with E-state index in [9.17, 15) is 4.79 Å². The minimum atomic E-state index is -0.0160. The molecule has 1 heterocycles. The summed E-state index contributed by atoms with van der Waals surface area (Å²) in [6.45, 7) is 0.718. The zero-order chi connectivity index (χ0) is 16.6. The number of aromatic nitrogens is 1. The zero-order valence-corrected chi connectivity index (χ0v) is 14.0. The fourth-order valence-electron chi connectivity index (χ4n) is 3.15. The van der Waals surface area contributed by atoms with Crippen molar-refractivity contribution < 1.29 is 4.79 Å². The summed E-state index contributed by atoms with van der Waals surface area (Å²) in [5.74, 6) is -0.0160. The lowest BCUT2D eigenvalue weighted by molar-refractivity contribution is 0.0933. The van der Waals surface area contributed by atoms with Crippen LogP contribution in [0.3, 0.4) is 0 Å². The normalized spacial score (nSPS) is 15.5. The number of hydrogen-bond acceptors (Lipinski definition) is 3. The predicted octanol–water partition coefficient (Wildman–Crippen LogP) is 4.15. The molecular formula is C20H25N3O. The molecule has 2 aromatic rings. The Morgan fingerprint density at radius 2 is 1.79 bits per heavy atom. The topological polar surface area (TPSA) is 54.0 Å². The van der Waals surface area contributed by atoms with Crippen LogP contribution in [0.1, 0.15) is 54.4 Å². The van der Waals surface area contributed by atoms with Crippen LogP contribution in [-0.2, 0) is 6.54 Å². The van der Waals surface area contributed by atoms with Gasteiger partial charge in [-0.1, -0.05) is 56.0 Å². The van der Waals surface area contributed by atoms with Crippen molar-refractivity contribution in [3.8, 4) is 0 Å². The van der Waals surface area contributed by atoms with Gasteiger partial charge in [-0.25, -0.2) is 0 Å². The highest BCUT2D eigenvalue weighted by Gasteiger charge is 2.16. The van der Waals surface area contributed by atoms with E-state index in [0.29, 0.717) is 11.6 Å². The number of carbonyl (C=O) groups excluding carboxylic acids is 1. The monoisotopic (exact) mass is 323 g/mol. The second-order valence-corrected chi connectivity index (χ2v) is 6.46. The van der Waals surface area contributed by atoms with E-state index in [0.717, 1.165) is 25.1 Å². The van der Waals surface area contributed by atoms with Crippen molar-refractivity contribution >= 4 is 11.6 Å². The van der Waals surface area contributed by atoms with E-state index < -0.39 is 0 Å². The molecule has 1 fully saturated rings. The number of amides is 1. The maximum absolute atomic E-state index is 12.5. The summed E-state index contributed by atoms with van der Waals surface area (Å²) in [7, 11) is 0. The average molecular weight is 323 g/mol. The molecule has 126 valence electrons. The molecule has 0 spiro atoms. The first kappa shape index (κ1) is 16.5. The predicted molar refractivity (Wildman–Crippen MR) is 97.0 cm³/mol. The van der Waals surface area contributed by atoms with Crippen molar-refractivity contribution in [3.05, 3.63) is 59.9 Å². The van der Waals surface area contributed by atoms with Gasteiger partial charge < -0.3 is 10.6 Å². The Hall–Kier alpha value is -2.36. The lowest BCUT2D eigenvalue weighted by Gasteiger charge is -2.16. The van der Waals surface area contributed by atoms with Gasteiger partial charge in [0.15, 0.2) is 0 Å². The van der Waals surface area contributed by atoms with Crippen molar-refractivity contribution in [1.29, 1.82) is 0 Å². The summed E-state index contributed by atoms with van der Waals surface area (Å²) in [6, 6.07) is 12.4. The van der Waals surface area contributed by atoms with Crippen LogP contribution in [0.4, 0.5) is 5.69 Å². The van der Waals surface area contributed by atoms with Gasteiger partial charge in [-0.15, -0.1) is 0 Å². The van der Waals surface area contributed by atoms with Crippen molar-refractivity contribution in [1.82, 2.24) is 10.3 Å². The smallest absolute Gasteiger partial charge is 0.253 e. The number of carbonyl (C=O) groups is 1. The standard InChI is InChI=1S/C20H25N3O/c24-20(23-18-10-6-1-2-7-11-18)17-12-19(15-21-14-17)22-13-16-8-4-3-5-9-16/h3-5,8-9,12,14-15,18,22H,1-2,6-7,10-11,13H2,(H,23,24). The molecular weight excluding hydrogens is 298 g/mol. The number of benzene rings is 1. The molecule has 4 heteroatoms. The molecule has 24 heavy (non-hydrogen) atoms. The van der Waals surface area contributed by atoms with Crippen LogP contribution < -0.4 is 10.6 Å². The number of nitrogens with zero attached hydrogens (tertiary/aromatic N) is 1. The number of hydrogen-bond donors (Lipinski definition) is 2. The number of nitrogens with one attached hydrogen (secondary N) is 2. The van der Waals surface area contributed by atoms with Gasteiger partial charge in [0.25, 0.3) is 5.91 Å². The Morgan fingerprint density at radius 1 is 1.04 bits per heavy atom. The number of rotatable bonds is 5. The maximum atomic E-state index is 12.5. The van der Waals surface area contributed by atoms with Crippen LogP contribution >= 0.6 is 0 Å². The number of pyridine rings is 1. The first-order valence-corrected chi connectivity index (χ1v) is 8.85. The van der Waals surface area contributed by atoms with E-state index in [-0.39, 0.29) is 5.91 Å². The Kier molecular flexibility index (Phi) is 5.83. The van der Waals surface area contributed by atoms with Gasteiger partial charge in [-0.2, -0.15) is 0 Å². The molecule has 3 rings (SSSR count). The van der Waals surface area contributed by atoms with Gasteiger partial charge in [0.1, 0.15) is 0 Å². The van der Waals surface area contributed by atoms with E-state index >= 15 is 0 Å². The summed E-state index contributed by atoms with van der Waals surface area (Å²) >= 11 is 0. The van der Waals surface area contributed by atoms with Crippen LogP contribution in [-0.4, -0.2) is 16.9 Å². The van der Waals surface area contributed by atoms with E-state index in [4.69, 9.17) is 0 Å². The summed E-state index contributed by atoms with van der Waals surface area (Å²) in [4.78, 5) is 16.7. The average Bonchev–Trinajstić information content (AvgIpc) is 2.90. The number of anilines is 1. The van der Waals surface area contributed by atoms with Crippen molar-refractivity contribution in [3.63, 3.8) is 0 Å². The Morgan fingerprint density at radius 3 is 2.54 bits per heavy atom. The largest absolute Gasteiger partial charge is 0.380 e. The molecule has 0 unspecified atom stereocenters. The third-order valence-electron chi connectivity index (χ3n) is 4.53. The molecule has 2 N–H and O–H groups in total. The van der Waals surface area contributed by atoms with Crippen LogP contribution in [0.2, 0.25) is 0 Å². The lowest BCUT2D eigenvalue weighted by Crippen LogP contribution is -2.34. The van der Waals surface area contributed by atoms with Gasteiger partial charge in [-0.05, 0) is 24.5 Å². The summed E-state index contributed by atoms with van der Waals surface area (Å²) < 4.78 is 0. The molecule has 0 bridgehead atoms. The van der Waals surface area contributed by atoms with Crippen molar-refractivity contribution in [2.45, 2.75) is 51.1 Å². The van der Waals surface area contributed by atoms with Gasteiger partial charge in [0.05, 0.1) is 11.3 Å². The highest BCUT2D eigenvalue weighted by atomic mass is 16.1. The van der Waals surface area contributed by atoms with Crippen LogP contribution in [0.25, 0.3) is 0 Å². The lowest BCUT2D eigenvalue weighted by atomic mass is 10.1. The molecule has 1 aliphatic carbocycles.